The molecule has 0 N–H and O–H groups in total. The topological polar surface area (TPSA) is 58.3 Å². The summed E-state index contributed by atoms with van der Waals surface area (Å²) in [4.78, 5) is 14.2. The van der Waals surface area contributed by atoms with Crippen LogP contribution in [0.15, 0.2) is 22.9 Å². The SMILES string of the molecule is Cc1noc(-c2ccc(N3C[C@@H]4CC[C@H](C3)N(CC3CC3)C4)nc2)n1. The van der Waals surface area contributed by atoms with Gasteiger partial charge in [0, 0.05) is 38.4 Å². The highest BCUT2D eigenvalue weighted by Crippen LogP contribution is 2.35. The first kappa shape index (κ1) is 15.3. The third-order valence-corrected chi connectivity index (χ3v) is 5.86. The molecule has 0 radical (unpaired) electrons. The molecule has 2 atom stereocenters. The second-order valence-electron chi connectivity index (χ2n) is 7.95. The van der Waals surface area contributed by atoms with Gasteiger partial charge < -0.3 is 9.42 Å². The first-order valence-corrected chi connectivity index (χ1v) is 9.50. The van der Waals surface area contributed by atoms with Crippen LogP contribution in [0, 0.1) is 18.8 Å². The van der Waals surface area contributed by atoms with Crippen molar-refractivity contribution in [1.82, 2.24) is 20.0 Å². The molecule has 25 heavy (non-hydrogen) atoms. The van der Waals surface area contributed by atoms with Gasteiger partial charge in [-0.25, -0.2) is 4.98 Å². The summed E-state index contributed by atoms with van der Waals surface area (Å²) in [6, 6.07) is 4.84. The van der Waals surface area contributed by atoms with Gasteiger partial charge in [0.05, 0.1) is 5.56 Å². The van der Waals surface area contributed by atoms with Crippen molar-refractivity contribution >= 4 is 5.82 Å². The highest BCUT2D eigenvalue weighted by Gasteiger charge is 2.37. The predicted molar refractivity (Wildman–Crippen MR) is 95.3 cm³/mol. The Kier molecular flexibility index (Phi) is 3.73. The summed E-state index contributed by atoms with van der Waals surface area (Å²) in [5.74, 6) is 4.02. The molecule has 4 fully saturated rings. The highest BCUT2D eigenvalue weighted by molar-refractivity contribution is 5.54. The van der Waals surface area contributed by atoms with Crippen molar-refractivity contribution in [3.63, 3.8) is 0 Å². The molecular weight excluding hydrogens is 314 g/mol. The monoisotopic (exact) mass is 339 g/mol. The summed E-state index contributed by atoms with van der Waals surface area (Å²) >= 11 is 0. The summed E-state index contributed by atoms with van der Waals surface area (Å²) in [5, 5.41) is 3.85. The minimum Gasteiger partial charge on any atom is -0.355 e. The molecule has 2 aromatic heterocycles. The normalized spacial score (nSPS) is 26.8. The van der Waals surface area contributed by atoms with E-state index in [0.29, 0.717) is 17.8 Å². The van der Waals surface area contributed by atoms with E-state index in [1.807, 2.05) is 19.2 Å². The zero-order valence-corrected chi connectivity index (χ0v) is 14.8. The Hall–Kier alpha value is -1.95. The molecule has 2 aromatic rings. The zero-order valence-electron chi connectivity index (χ0n) is 14.8. The van der Waals surface area contributed by atoms with E-state index in [2.05, 4.69) is 26.0 Å². The molecule has 3 aliphatic heterocycles. The fraction of sp³-hybridized carbons (Fsp3) is 0.632. The highest BCUT2D eigenvalue weighted by atomic mass is 16.5. The summed E-state index contributed by atoms with van der Waals surface area (Å²) in [6.45, 7) is 6.66. The van der Waals surface area contributed by atoms with Gasteiger partial charge in [-0.05, 0) is 56.6 Å². The predicted octanol–water partition coefficient (Wildman–Crippen LogP) is 2.75. The summed E-state index contributed by atoms with van der Waals surface area (Å²) in [6.07, 6.45) is 7.44. The molecule has 0 amide bonds. The maximum Gasteiger partial charge on any atom is 0.259 e. The van der Waals surface area contributed by atoms with E-state index in [4.69, 9.17) is 9.51 Å². The van der Waals surface area contributed by atoms with Gasteiger partial charge in [0.25, 0.3) is 5.89 Å². The number of aryl methyl sites for hydroxylation is 1. The van der Waals surface area contributed by atoms with Crippen LogP contribution in [0.1, 0.15) is 31.5 Å². The number of nitrogens with zero attached hydrogens (tertiary/aromatic N) is 5. The lowest BCUT2D eigenvalue weighted by Crippen LogP contribution is -2.44. The van der Waals surface area contributed by atoms with Crippen LogP contribution in [0.4, 0.5) is 5.82 Å². The lowest BCUT2D eigenvalue weighted by molar-refractivity contribution is 0.128. The third kappa shape index (κ3) is 3.15. The molecule has 4 aliphatic rings. The van der Waals surface area contributed by atoms with Crippen LogP contribution in [0.3, 0.4) is 0 Å². The second-order valence-corrected chi connectivity index (χ2v) is 7.95. The Balaban J connectivity index is 1.33. The van der Waals surface area contributed by atoms with E-state index in [1.54, 1.807) is 0 Å². The van der Waals surface area contributed by atoms with Gasteiger partial charge in [0.1, 0.15) is 5.82 Å². The molecule has 132 valence electrons. The van der Waals surface area contributed by atoms with Crippen LogP contribution >= 0.6 is 0 Å². The number of hydrogen-bond donors (Lipinski definition) is 0. The Morgan fingerprint density at radius 2 is 2.04 bits per heavy atom. The minimum atomic E-state index is 0.545. The fourth-order valence-corrected chi connectivity index (χ4v) is 4.34. The molecule has 0 aromatic carbocycles. The van der Waals surface area contributed by atoms with Gasteiger partial charge in [0.15, 0.2) is 5.82 Å². The van der Waals surface area contributed by atoms with Crippen molar-refractivity contribution in [2.45, 2.75) is 38.6 Å². The largest absolute Gasteiger partial charge is 0.355 e. The molecule has 5 heterocycles. The Morgan fingerprint density at radius 3 is 2.76 bits per heavy atom. The number of aromatic nitrogens is 3. The molecule has 1 saturated carbocycles. The number of piperidine rings is 1. The van der Waals surface area contributed by atoms with Crippen molar-refractivity contribution in [2.75, 3.05) is 31.1 Å². The van der Waals surface area contributed by atoms with Crippen molar-refractivity contribution in [2.24, 2.45) is 11.8 Å². The Bertz CT molecular complexity index is 739. The average molecular weight is 339 g/mol. The van der Waals surface area contributed by atoms with Gasteiger partial charge >= 0.3 is 0 Å². The molecule has 6 nitrogen and oxygen atoms in total. The van der Waals surface area contributed by atoms with Crippen LogP contribution < -0.4 is 4.90 Å². The van der Waals surface area contributed by atoms with Gasteiger partial charge in [0.2, 0.25) is 0 Å². The summed E-state index contributed by atoms with van der Waals surface area (Å²) < 4.78 is 5.24. The smallest absolute Gasteiger partial charge is 0.259 e. The molecule has 3 saturated heterocycles. The van der Waals surface area contributed by atoms with Crippen molar-refractivity contribution in [3.8, 4) is 11.5 Å². The van der Waals surface area contributed by atoms with Crippen molar-refractivity contribution in [3.05, 3.63) is 24.2 Å². The maximum atomic E-state index is 5.24. The molecule has 6 rings (SSSR count). The van der Waals surface area contributed by atoms with Crippen molar-refractivity contribution in [1.29, 1.82) is 0 Å². The first-order valence-electron chi connectivity index (χ1n) is 9.50. The van der Waals surface area contributed by atoms with E-state index >= 15 is 0 Å². The molecular formula is C19H25N5O. The first-order chi connectivity index (χ1) is 12.2. The third-order valence-electron chi connectivity index (χ3n) is 5.86. The molecule has 0 spiro atoms. The van der Waals surface area contributed by atoms with Crippen molar-refractivity contribution < 1.29 is 4.52 Å². The fourth-order valence-electron chi connectivity index (χ4n) is 4.34. The zero-order chi connectivity index (χ0) is 16.8. The van der Waals surface area contributed by atoms with Crippen LogP contribution in [0.25, 0.3) is 11.5 Å². The van der Waals surface area contributed by atoms with Gasteiger partial charge in [-0.1, -0.05) is 5.16 Å². The lowest BCUT2D eigenvalue weighted by atomic mass is 9.95. The number of pyridine rings is 1. The van der Waals surface area contributed by atoms with E-state index in [9.17, 15) is 0 Å². The molecule has 6 heteroatoms. The van der Waals surface area contributed by atoms with Gasteiger partial charge in [-0.2, -0.15) is 4.98 Å². The minimum absolute atomic E-state index is 0.545. The summed E-state index contributed by atoms with van der Waals surface area (Å²) in [5.41, 5.74) is 0.887. The molecule has 1 aliphatic carbocycles. The van der Waals surface area contributed by atoms with Crippen LogP contribution in [-0.2, 0) is 0 Å². The Labute approximate surface area is 148 Å². The van der Waals surface area contributed by atoms with Crippen LogP contribution in [0.2, 0.25) is 0 Å². The van der Waals surface area contributed by atoms with Crippen LogP contribution in [-0.4, -0.2) is 52.2 Å². The standard InChI is InChI=1S/C19H25N5O/c1-13-21-19(25-22-13)16-5-7-18(20-8-16)24-11-15-4-6-17(12-24)23(10-15)9-14-2-3-14/h5,7-8,14-15,17H,2-4,6,9-12H2,1H3/t15-,17-/m1/s1. The van der Waals surface area contributed by atoms with Gasteiger partial charge in [-0.3, -0.25) is 4.90 Å². The van der Waals surface area contributed by atoms with Crippen LogP contribution in [0.5, 0.6) is 0 Å². The maximum absolute atomic E-state index is 5.24. The molecule has 2 bridgehead atoms. The number of hydrogen-bond acceptors (Lipinski definition) is 6. The lowest BCUT2D eigenvalue weighted by Gasteiger charge is -2.36. The summed E-state index contributed by atoms with van der Waals surface area (Å²) in [7, 11) is 0. The van der Waals surface area contributed by atoms with E-state index in [1.165, 1.54) is 38.8 Å². The van der Waals surface area contributed by atoms with Gasteiger partial charge in [-0.15, -0.1) is 0 Å². The van der Waals surface area contributed by atoms with E-state index < -0.39 is 0 Å². The van der Waals surface area contributed by atoms with E-state index in [0.717, 1.165) is 36.3 Å². The number of fused-ring (bicyclic) bond motifs is 4. The van der Waals surface area contributed by atoms with E-state index in [-0.39, 0.29) is 0 Å². The Morgan fingerprint density at radius 1 is 1.12 bits per heavy atom. The number of anilines is 1. The average Bonchev–Trinajstić information content (AvgIpc) is 3.40. The number of rotatable bonds is 4. The molecule has 0 unspecified atom stereocenters. The quantitative estimate of drug-likeness (QED) is 0.854. The second kappa shape index (κ2) is 6.09.